The Morgan fingerprint density at radius 3 is 2.46 bits per heavy atom. The minimum atomic E-state index is -4.35. The van der Waals surface area contributed by atoms with Gasteiger partial charge in [-0.25, -0.2) is 15.0 Å². The van der Waals surface area contributed by atoms with Gasteiger partial charge in [0.05, 0.1) is 5.56 Å². The van der Waals surface area contributed by atoms with Gasteiger partial charge in [-0.15, -0.1) is 0 Å². The number of nitrogens with zero attached hydrogens (tertiary/aromatic N) is 5. The molecule has 0 aromatic carbocycles. The van der Waals surface area contributed by atoms with E-state index in [1.807, 2.05) is 17.2 Å². The molecular weight excluding hydrogens is 367 g/mol. The summed E-state index contributed by atoms with van der Waals surface area (Å²) in [4.78, 5) is 17.3. The zero-order chi connectivity index (χ0) is 19.7. The van der Waals surface area contributed by atoms with Crippen LogP contribution in [0.15, 0.2) is 30.6 Å². The molecule has 0 radical (unpaired) electrons. The third kappa shape index (κ3) is 4.36. The SMILES string of the molecule is CN(CC1CCN(c2ccnc(C3CC3)n2)CC1)c1cc(C(F)(F)F)ccn1. The topological polar surface area (TPSA) is 45.2 Å². The van der Waals surface area contributed by atoms with E-state index in [0.29, 0.717) is 24.2 Å². The van der Waals surface area contributed by atoms with E-state index in [9.17, 15) is 13.2 Å². The van der Waals surface area contributed by atoms with Gasteiger partial charge in [-0.3, -0.25) is 0 Å². The number of hydrogen-bond acceptors (Lipinski definition) is 5. The summed E-state index contributed by atoms with van der Waals surface area (Å²) in [5.74, 6) is 3.26. The Bertz CT molecular complexity index is 813. The van der Waals surface area contributed by atoms with Crippen LogP contribution in [0.5, 0.6) is 0 Å². The minimum Gasteiger partial charge on any atom is -0.359 e. The smallest absolute Gasteiger partial charge is 0.359 e. The molecule has 1 saturated carbocycles. The highest BCUT2D eigenvalue weighted by atomic mass is 19.4. The molecule has 2 aromatic heterocycles. The van der Waals surface area contributed by atoms with Crippen molar-refractivity contribution in [2.24, 2.45) is 5.92 Å². The van der Waals surface area contributed by atoms with Gasteiger partial charge < -0.3 is 9.80 Å². The summed E-state index contributed by atoms with van der Waals surface area (Å²) in [5, 5.41) is 0. The van der Waals surface area contributed by atoms with Gasteiger partial charge >= 0.3 is 6.18 Å². The highest BCUT2D eigenvalue weighted by Crippen LogP contribution is 2.38. The van der Waals surface area contributed by atoms with Gasteiger partial charge in [-0.2, -0.15) is 13.2 Å². The molecule has 0 spiro atoms. The average Bonchev–Trinajstić information content (AvgIpc) is 3.53. The van der Waals surface area contributed by atoms with E-state index >= 15 is 0 Å². The van der Waals surface area contributed by atoms with Crippen molar-refractivity contribution in [1.29, 1.82) is 0 Å². The van der Waals surface area contributed by atoms with Gasteiger partial charge in [0, 0.05) is 45.0 Å². The first-order valence-electron chi connectivity index (χ1n) is 9.72. The summed E-state index contributed by atoms with van der Waals surface area (Å²) in [6.45, 7) is 2.49. The van der Waals surface area contributed by atoms with E-state index in [1.54, 1.807) is 7.05 Å². The van der Waals surface area contributed by atoms with Gasteiger partial charge in [0.2, 0.25) is 0 Å². The summed E-state index contributed by atoms with van der Waals surface area (Å²) in [6, 6.07) is 4.09. The third-order valence-electron chi connectivity index (χ3n) is 5.54. The van der Waals surface area contributed by atoms with Crippen LogP contribution in [0.25, 0.3) is 0 Å². The lowest BCUT2D eigenvalue weighted by Crippen LogP contribution is -2.38. The van der Waals surface area contributed by atoms with Crippen molar-refractivity contribution in [2.45, 2.75) is 37.8 Å². The zero-order valence-electron chi connectivity index (χ0n) is 15.9. The molecule has 0 bridgehead atoms. The second kappa shape index (κ2) is 7.56. The minimum absolute atomic E-state index is 0.363. The number of piperidine rings is 1. The number of rotatable bonds is 5. The van der Waals surface area contributed by atoms with E-state index in [2.05, 4.69) is 14.9 Å². The van der Waals surface area contributed by atoms with Crippen LogP contribution in [-0.2, 0) is 6.18 Å². The summed E-state index contributed by atoms with van der Waals surface area (Å²) in [6.07, 6.45) is 3.04. The molecule has 2 fully saturated rings. The molecule has 5 nitrogen and oxygen atoms in total. The first-order chi connectivity index (χ1) is 13.4. The molecule has 28 heavy (non-hydrogen) atoms. The number of anilines is 2. The fraction of sp³-hybridized carbons (Fsp3) is 0.550. The molecular formula is C20H24F3N5. The molecule has 150 valence electrons. The number of halogens is 3. The summed E-state index contributed by atoms with van der Waals surface area (Å²) in [5.41, 5.74) is -0.658. The number of hydrogen-bond donors (Lipinski definition) is 0. The standard InChI is InChI=1S/C20H24F3N5/c1-27(18-12-16(4-8-24-18)20(21,22)23)13-14-6-10-28(11-7-14)17-5-9-25-19(26-17)15-2-3-15/h4-5,8-9,12,14-15H,2-3,6-7,10-11,13H2,1H3. The molecule has 1 aliphatic heterocycles. The van der Waals surface area contributed by atoms with E-state index in [-0.39, 0.29) is 0 Å². The Kier molecular flexibility index (Phi) is 5.12. The van der Waals surface area contributed by atoms with Gasteiger partial charge in [-0.05, 0) is 49.8 Å². The Morgan fingerprint density at radius 2 is 1.79 bits per heavy atom. The maximum atomic E-state index is 12.9. The van der Waals surface area contributed by atoms with E-state index in [1.165, 1.54) is 19.0 Å². The van der Waals surface area contributed by atoms with Crippen LogP contribution in [0.4, 0.5) is 24.8 Å². The van der Waals surface area contributed by atoms with Crippen molar-refractivity contribution in [2.75, 3.05) is 36.5 Å². The molecule has 1 saturated heterocycles. The lowest BCUT2D eigenvalue weighted by atomic mass is 9.96. The van der Waals surface area contributed by atoms with E-state index in [0.717, 1.165) is 49.7 Å². The summed E-state index contributed by atoms with van der Waals surface area (Å²) in [7, 11) is 1.81. The molecule has 1 aliphatic carbocycles. The summed E-state index contributed by atoms with van der Waals surface area (Å²) < 4.78 is 38.7. The molecule has 0 unspecified atom stereocenters. The highest BCUT2D eigenvalue weighted by molar-refractivity contribution is 5.42. The predicted octanol–water partition coefficient (Wildman–Crippen LogP) is 4.12. The maximum Gasteiger partial charge on any atom is 0.416 e. The monoisotopic (exact) mass is 391 g/mol. The Balaban J connectivity index is 1.33. The van der Waals surface area contributed by atoms with Crippen molar-refractivity contribution < 1.29 is 13.2 Å². The number of aromatic nitrogens is 3. The summed E-state index contributed by atoms with van der Waals surface area (Å²) >= 11 is 0. The van der Waals surface area contributed by atoms with Crippen LogP contribution in [0.2, 0.25) is 0 Å². The van der Waals surface area contributed by atoms with E-state index in [4.69, 9.17) is 4.98 Å². The first-order valence-corrected chi connectivity index (χ1v) is 9.72. The van der Waals surface area contributed by atoms with Crippen molar-refractivity contribution in [3.05, 3.63) is 42.0 Å². The van der Waals surface area contributed by atoms with Crippen molar-refractivity contribution in [1.82, 2.24) is 15.0 Å². The van der Waals surface area contributed by atoms with Crippen LogP contribution >= 0.6 is 0 Å². The highest BCUT2D eigenvalue weighted by Gasteiger charge is 2.31. The van der Waals surface area contributed by atoms with Crippen LogP contribution in [-0.4, -0.2) is 41.6 Å². The van der Waals surface area contributed by atoms with Gasteiger partial charge in [0.1, 0.15) is 17.5 Å². The molecule has 3 heterocycles. The van der Waals surface area contributed by atoms with Gasteiger partial charge in [0.25, 0.3) is 0 Å². The fourth-order valence-electron chi connectivity index (χ4n) is 3.71. The van der Waals surface area contributed by atoms with Crippen molar-refractivity contribution in [3.8, 4) is 0 Å². The van der Waals surface area contributed by atoms with Crippen molar-refractivity contribution >= 4 is 11.6 Å². The lowest BCUT2D eigenvalue weighted by Gasteiger charge is -2.35. The second-order valence-electron chi connectivity index (χ2n) is 7.76. The number of alkyl halides is 3. The van der Waals surface area contributed by atoms with Crippen LogP contribution in [0.1, 0.15) is 43.0 Å². The van der Waals surface area contributed by atoms with Crippen LogP contribution in [0.3, 0.4) is 0 Å². The second-order valence-corrected chi connectivity index (χ2v) is 7.76. The maximum absolute atomic E-state index is 12.9. The lowest BCUT2D eigenvalue weighted by molar-refractivity contribution is -0.137. The molecule has 0 atom stereocenters. The molecule has 0 N–H and O–H groups in total. The molecule has 2 aliphatic rings. The normalized spacial score (nSPS) is 18.4. The predicted molar refractivity (Wildman–Crippen MR) is 101 cm³/mol. The number of pyridine rings is 1. The first kappa shape index (κ1) is 19.0. The molecule has 0 amide bonds. The fourth-order valence-corrected chi connectivity index (χ4v) is 3.71. The molecule has 2 aromatic rings. The quantitative estimate of drug-likeness (QED) is 0.767. The van der Waals surface area contributed by atoms with Gasteiger partial charge in [-0.1, -0.05) is 0 Å². The van der Waals surface area contributed by atoms with Crippen molar-refractivity contribution in [3.63, 3.8) is 0 Å². The Morgan fingerprint density at radius 1 is 1.07 bits per heavy atom. The van der Waals surface area contributed by atoms with Crippen LogP contribution in [0, 0.1) is 5.92 Å². The average molecular weight is 391 g/mol. The third-order valence-corrected chi connectivity index (χ3v) is 5.54. The molecule has 8 heteroatoms. The Hall–Kier alpha value is -2.38. The van der Waals surface area contributed by atoms with E-state index < -0.39 is 11.7 Å². The van der Waals surface area contributed by atoms with Crippen LogP contribution < -0.4 is 9.80 Å². The molecule has 4 rings (SSSR count). The Labute approximate surface area is 162 Å². The van der Waals surface area contributed by atoms with Gasteiger partial charge in [0.15, 0.2) is 0 Å². The largest absolute Gasteiger partial charge is 0.416 e. The zero-order valence-corrected chi connectivity index (χ0v) is 15.9.